The van der Waals surface area contributed by atoms with Crippen molar-refractivity contribution in [3.8, 4) is 5.75 Å². The number of ether oxygens (including phenoxy) is 2. The van der Waals surface area contributed by atoms with E-state index in [4.69, 9.17) is 21.1 Å². The topological polar surface area (TPSA) is 75.1 Å². The minimum absolute atomic E-state index is 0. The first-order chi connectivity index (χ1) is 14.0. The van der Waals surface area contributed by atoms with E-state index in [1.54, 1.807) is 19.2 Å². The van der Waals surface area contributed by atoms with E-state index in [2.05, 4.69) is 15.6 Å². The lowest BCUT2D eigenvalue weighted by molar-refractivity contribution is 0.145. The molecule has 0 saturated carbocycles. The number of nitrogens with zero attached hydrogens (tertiary/aromatic N) is 1. The Morgan fingerprint density at radius 3 is 2.53 bits per heavy atom. The van der Waals surface area contributed by atoms with E-state index in [0.29, 0.717) is 43.8 Å². The van der Waals surface area contributed by atoms with E-state index < -0.39 is 6.10 Å². The lowest BCUT2D eigenvalue weighted by Gasteiger charge is -2.16. The molecule has 0 aliphatic rings. The molecule has 0 heterocycles. The molecule has 0 amide bonds. The van der Waals surface area contributed by atoms with Gasteiger partial charge in [-0.05, 0) is 43.2 Å². The van der Waals surface area contributed by atoms with Crippen molar-refractivity contribution in [3.63, 3.8) is 0 Å². The molecule has 2 aromatic carbocycles. The summed E-state index contributed by atoms with van der Waals surface area (Å²) in [5, 5.41) is 17.4. The van der Waals surface area contributed by atoms with Crippen molar-refractivity contribution in [2.24, 2.45) is 4.99 Å². The van der Waals surface area contributed by atoms with Crippen LogP contribution in [0.4, 0.5) is 0 Å². The highest BCUT2D eigenvalue weighted by molar-refractivity contribution is 14.0. The summed E-state index contributed by atoms with van der Waals surface area (Å²) in [7, 11) is 1.65. The monoisotopic (exact) mass is 547 g/mol. The number of halogens is 2. The summed E-state index contributed by atoms with van der Waals surface area (Å²) >= 11 is 5.90. The third-order valence-corrected chi connectivity index (χ3v) is 4.49. The Balaban J connectivity index is 0.00000450. The normalized spacial score (nSPS) is 12.1. The SMILES string of the molecule is CCNC(=NCc1ccc(C)cc1OCCOC)NCC(O)c1ccc(Cl)cc1.I. The maximum absolute atomic E-state index is 10.4. The van der Waals surface area contributed by atoms with Crippen LogP contribution in [0.25, 0.3) is 0 Å². The Labute approximate surface area is 201 Å². The zero-order valence-corrected chi connectivity index (χ0v) is 20.7. The lowest BCUT2D eigenvalue weighted by atomic mass is 10.1. The molecule has 0 radical (unpaired) electrons. The number of aliphatic hydroxyl groups is 1. The number of benzene rings is 2. The molecule has 3 N–H and O–H groups in total. The first kappa shape index (κ1) is 26.5. The molecular weight excluding hydrogens is 517 g/mol. The second-order valence-electron chi connectivity index (χ2n) is 6.60. The molecule has 2 rings (SSSR count). The quantitative estimate of drug-likeness (QED) is 0.181. The number of hydrogen-bond acceptors (Lipinski definition) is 4. The van der Waals surface area contributed by atoms with Gasteiger partial charge in [-0.3, -0.25) is 0 Å². The van der Waals surface area contributed by atoms with Gasteiger partial charge in [0, 0.05) is 30.8 Å². The maximum atomic E-state index is 10.4. The molecule has 166 valence electrons. The number of aryl methyl sites for hydroxylation is 1. The van der Waals surface area contributed by atoms with Gasteiger partial charge < -0.3 is 25.2 Å². The molecule has 6 nitrogen and oxygen atoms in total. The molecule has 0 bridgehead atoms. The molecule has 0 aliphatic heterocycles. The highest BCUT2D eigenvalue weighted by atomic mass is 127. The van der Waals surface area contributed by atoms with Crippen LogP contribution in [0.2, 0.25) is 5.02 Å². The minimum atomic E-state index is -0.663. The summed E-state index contributed by atoms with van der Waals surface area (Å²) in [5.74, 6) is 1.44. The molecule has 0 spiro atoms. The van der Waals surface area contributed by atoms with E-state index in [9.17, 15) is 5.11 Å². The van der Waals surface area contributed by atoms with Crippen molar-refractivity contribution in [2.75, 3.05) is 33.4 Å². The van der Waals surface area contributed by atoms with Gasteiger partial charge in [0.1, 0.15) is 12.4 Å². The number of nitrogens with one attached hydrogen (secondary N) is 2. The lowest BCUT2D eigenvalue weighted by Crippen LogP contribution is -2.39. The summed E-state index contributed by atoms with van der Waals surface area (Å²) < 4.78 is 10.9. The predicted molar refractivity (Wildman–Crippen MR) is 133 cm³/mol. The predicted octanol–water partition coefficient (Wildman–Crippen LogP) is 4.08. The fourth-order valence-electron chi connectivity index (χ4n) is 2.66. The highest BCUT2D eigenvalue weighted by Crippen LogP contribution is 2.21. The molecule has 2 aromatic rings. The molecule has 8 heteroatoms. The van der Waals surface area contributed by atoms with E-state index >= 15 is 0 Å². The second kappa shape index (κ2) is 14.5. The summed E-state index contributed by atoms with van der Waals surface area (Å²) in [4.78, 5) is 4.63. The Kier molecular flexibility index (Phi) is 12.8. The first-order valence-electron chi connectivity index (χ1n) is 9.70. The number of rotatable bonds is 10. The number of hydrogen-bond donors (Lipinski definition) is 3. The zero-order valence-electron chi connectivity index (χ0n) is 17.7. The van der Waals surface area contributed by atoms with Crippen LogP contribution in [0.1, 0.15) is 29.7 Å². The Morgan fingerprint density at radius 1 is 1.13 bits per heavy atom. The number of aliphatic hydroxyl groups excluding tert-OH is 1. The number of guanidine groups is 1. The van der Waals surface area contributed by atoms with Crippen LogP contribution >= 0.6 is 35.6 Å². The molecule has 1 unspecified atom stereocenters. The Bertz CT molecular complexity index is 788. The largest absolute Gasteiger partial charge is 0.491 e. The van der Waals surface area contributed by atoms with E-state index in [-0.39, 0.29) is 24.0 Å². The van der Waals surface area contributed by atoms with Crippen LogP contribution in [0, 0.1) is 6.92 Å². The van der Waals surface area contributed by atoms with Crippen LogP contribution in [0.15, 0.2) is 47.5 Å². The van der Waals surface area contributed by atoms with Gasteiger partial charge in [-0.15, -0.1) is 24.0 Å². The molecule has 1 atom stereocenters. The molecule has 0 aromatic heterocycles. The van der Waals surface area contributed by atoms with E-state index in [1.165, 1.54) is 0 Å². The summed E-state index contributed by atoms with van der Waals surface area (Å²) in [6.07, 6.45) is -0.663. The summed E-state index contributed by atoms with van der Waals surface area (Å²) in [5.41, 5.74) is 2.91. The van der Waals surface area contributed by atoms with Crippen LogP contribution < -0.4 is 15.4 Å². The molecule has 30 heavy (non-hydrogen) atoms. The molecule has 0 saturated heterocycles. The maximum Gasteiger partial charge on any atom is 0.191 e. The standard InChI is InChI=1S/C22H30ClN3O3.HI/c1-4-24-22(26-15-20(27)17-7-9-19(23)10-8-17)25-14-18-6-5-16(2)13-21(18)29-12-11-28-3;/h5-10,13,20,27H,4,11-12,14-15H2,1-3H3,(H2,24,25,26);1H. The summed E-state index contributed by atoms with van der Waals surface area (Å²) in [6.45, 7) is 6.55. The summed E-state index contributed by atoms with van der Waals surface area (Å²) in [6, 6.07) is 13.2. The van der Waals surface area contributed by atoms with Crippen LogP contribution in [0.3, 0.4) is 0 Å². The molecule has 0 aliphatic carbocycles. The van der Waals surface area contributed by atoms with Crippen LogP contribution in [0.5, 0.6) is 5.75 Å². The zero-order chi connectivity index (χ0) is 21.1. The fraction of sp³-hybridized carbons (Fsp3) is 0.409. The van der Waals surface area contributed by atoms with E-state index in [1.807, 2.05) is 44.2 Å². The van der Waals surface area contributed by atoms with Gasteiger partial charge in [-0.2, -0.15) is 0 Å². The first-order valence-corrected chi connectivity index (χ1v) is 10.1. The van der Waals surface area contributed by atoms with Gasteiger partial charge in [0.2, 0.25) is 0 Å². The van der Waals surface area contributed by atoms with Gasteiger partial charge in [-0.1, -0.05) is 35.9 Å². The smallest absolute Gasteiger partial charge is 0.191 e. The third kappa shape index (κ3) is 9.07. The van der Waals surface area contributed by atoms with Crippen molar-refractivity contribution >= 4 is 41.5 Å². The Morgan fingerprint density at radius 2 is 1.87 bits per heavy atom. The molecule has 0 fully saturated rings. The van der Waals surface area contributed by atoms with E-state index in [0.717, 1.165) is 22.4 Å². The Hall–Kier alpha value is -1.55. The van der Waals surface area contributed by atoms with Gasteiger partial charge in [-0.25, -0.2) is 4.99 Å². The number of methoxy groups -OCH3 is 1. The van der Waals surface area contributed by atoms with Crippen molar-refractivity contribution in [1.29, 1.82) is 0 Å². The average molecular weight is 548 g/mol. The number of aliphatic imine (C=N–C) groups is 1. The van der Waals surface area contributed by atoms with Crippen molar-refractivity contribution < 1.29 is 14.6 Å². The minimum Gasteiger partial charge on any atom is -0.491 e. The van der Waals surface area contributed by atoms with Gasteiger partial charge in [0.25, 0.3) is 0 Å². The van der Waals surface area contributed by atoms with Crippen LogP contribution in [-0.2, 0) is 11.3 Å². The van der Waals surface area contributed by atoms with Gasteiger partial charge >= 0.3 is 0 Å². The third-order valence-electron chi connectivity index (χ3n) is 4.24. The van der Waals surface area contributed by atoms with Crippen molar-refractivity contribution in [1.82, 2.24) is 10.6 Å². The highest BCUT2D eigenvalue weighted by Gasteiger charge is 2.09. The van der Waals surface area contributed by atoms with Gasteiger partial charge in [0.05, 0.1) is 19.3 Å². The second-order valence-corrected chi connectivity index (χ2v) is 7.03. The van der Waals surface area contributed by atoms with Crippen molar-refractivity contribution in [3.05, 3.63) is 64.2 Å². The average Bonchev–Trinajstić information content (AvgIpc) is 2.71. The molecular formula is C22H31ClIN3O3. The van der Waals surface area contributed by atoms with Gasteiger partial charge in [0.15, 0.2) is 5.96 Å². The van der Waals surface area contributed by atoms with Crippen LogP contribution in [-0.4, -0.2) is 44.5 Å². The van der Waals surface area contributed by atoms with Crippen molar-refractivity contribution in [2.45, 2.75) is 26.5 Å². The fourth-order valence-corrected chi connectivity index (χ4v) is 2.79.